The first-order chi connectivity index (χ1) is 19.7. The second-order valence-corrected chi connectivity index (χ2v) is 11.6. The number of nitrogens with zero attached hydrogens (tertiary/aromatic N) is 2. The average Bonchev–Trinajstić information content (AvgIpc) is 3.77. The van der Waals surface area contributed by atoms with Gasteiger partial charge in [-0.1, -0.05) is 0 Å². The van der Waals surface area contributed by atoms with Crippen molar-refractivity contribution < 1.29 is 34.4 Å². The minimum Gasteiger partial charge on any atom is -0.494 e. The van der Waals surface area contributed by atoms with E-state index in [0.717, 1.165) is 55.6 Å². The van der Waals surface area contributed by atoms with Crippen molar-refractivity contribution in [3.05, 3.63) is 58.7 Å². The van der Waals surface area contributed by atoms with E-state index in [4.69, 9.17) is 9.84 Å². The van der Waals surface area contributed by atoms with E-state index in [1.165, 1.54) is 0 Å². The molecule has 2 heterocycles. The summed E-state index contributed by atoms with van der Waals surface area (Å²) in [6, 6.07) is 10.6. The number of piperidine rings is 1. The second kappa shape index (κ2) is 12.2. The van der Waals surface area contributed by atoms with Gasteiger partial charge in [-0.2, -0.15) is 0 Å². The van der Waals surface area contributed by atoms with E-state index >= 15 is 0 Å². The van der Waals surface area contributed by atoms with E-state index in [-0.39, 0.29) is 23.8 Å². The first-order valence-corrected chi connectivity index (χ1v) is 14.4. The van der Waals surface area contributed by atoms with Gasteiger partial charge in [-0.15, -0.1) is 0 Å². The fourth-order valence-electron chi connectivity index (χ4n) is 6.04. The highest BCUT2D eigenvalue weighted by atomic mass is 16.5. The molecule has 2 saturated heterocycles. The van der Waals surface area contributed by atoms with Gasteiger partial charge in [-0.3, -0.25) is 14.5 Å². The smallest absolute Gasteiger partial charge is 0.336 e. The fourth-order valence-corrected chi connectivity index (χ4v) is 6.04. The third kappa shape index (κ3) is 6.55. The fraction of sp³-hybridized carbons (Fsp3) is 0.516. The maximum absolute atomic E-state index is 13.1. The van der Waals surface area contributed by atoms with Crippen molar-refractivity contribution in [3.63, 3.8) is 0 Å². The predicted molar refractivity (Wildman–Crippen MR) is 152 cm³/mol. The molecule has 1 aliphatic carbocycles. The molecule has 5 rings (SSSR count). The lowest BCUT2D eigenvalue weighted by Crippen LogP contribution is -2.41. The largest absolute Gasteiger partial charge is 0.494 e. The number of carboxylic acids is 1. The molecule has 0 aromatic heterocycles. The van der Waals surface area contributed by atoms with Crippen molar-refractivity contribution >= 4 is 23.5 Å². The van der Waals surface area contributed by atoms with Gasteiger partial charge in [0.15, 0.2) is 0 Å². The molecule has 0 radical (unpaired) electrons. The molecule has 2 aromatic rings. The van der Waals surface area contributed by atoms with Crippen LogP contribution in [0.15, 0.2) is 36.4 Å². The number of anilines is 1. The van der Waals surface area contributed by atoms with Crippen LogP contribution in [0.2, 0.25) is 0 Å². The molecule has 3 fully saturated rings. The van der Waals surface area contributed by atoms with Crippen LogP contribution in [-0.4, -0.2) is 83.5 Å². The number of carbonyl (C=O) groups excluding carboxylic acids is 2. The highest BCUT2D eigenvalue weighted by Gasteiger charge is 2.45. The lowest BCUT2D eigenvalue weighted by Gasteiger charge is -2.39. The molecule has 0 bridgehead atoms. The number of benzene rings is 2. The van der Waals surface area contributed by atoms with Gasteiger partial charge < -0.3 is 30.3 Å². The summed E-state index contributed by atoms with van der Waals surface area (Å²) in [4.78, 5) is 41.4. The van der Waals surface area contributed by atoms with E-state index in [1.807, 2.05) is 17.9 Å². The molecule has 1 saturated carbocycles. The van der Waals surface area contributed by atoms with Crippen LogP contribution < -0.4 is 15.0 Å². The minimum absolute atomic E-state index is 0.0382. The van der Waals surface area contributed by atoms with E-state index in [2.05, 4.69) is 10.2 Å². The number of ether oxygens (including phenoxy) is 1. The van der Waals surface area contributed by atoms with Crippen LogP contribution in [0.1, 0.15) is 76.8 Å². The third-order valence-electron chi connectivity index (χ3n) is 8.56. The predicted octanol–water partition coefficient (Wildman–Crippen LogP) is 2.76. The van der Waals surface area contributed by atoms with E-state index < -0.39 is 18.7 Å². The van der Waals surface area contributed by atoms with Crippen LogP contribution in [-0.2, 0) is 11.3 Å². The number of aromatic carboxylic acids is 1. The summed E-state index contributed by atoms with van der Waals surface area (Å²) in [6.45, 7) is 4.90. The summed E-state index contributed by atoms with van der Waals surface area (Å²) in [5.41, 5.74) is 3.35. The number of aliphatic hydroxyl groups excluding tert-OH is 2. The Bertz CT molecular complexity index is 1280. The number of likely N-dealkylation sites (tertiary alicyclic amines) is 1. The number of aliphatic hydroxyl groups is 2. The molecule has 220 valence electrons. The Morgan fingerprint density at radius 2 is 1.85 bits per heavy atom. The van der Waals surface area contributed by atoms with Gasteiger partial charge in [-0.25, -0.2) is 4.79 Å². The monoisotopic (exact) mass is 565 g/mol. The molecule has 41 heavy (non-hydrogen) atoms. The number of carboxylic acid groups (broad SMARTS) is 1. The minimum atomic E-state index is -1.01. The molecular formula is C31H39N3O7. The topological polar surface area (TPSA) is 140 Å². The lowest BCUT2D eigenvalue weighted by atomic mass is 9.77. The van der Waals surface area contributed by atoms with Crippen molar-refractivity contribution in [2.75, 3.05) is 44.3 Å². The Morgan fingerprint density at radius 3 is 2.46 bits per heavy atom. The van der Waals surface area contributed by atoms with Gasteiger partial charge in [0.25, 0.3) is 5.91 Å². The zero-order valence-electron chi connectivity index (χ0n) is 23.5. The molecule has 1 spiro atoms. The number of hydrogen-bond donors (Lipinski definition) is 4. The molecule has 1 atom stereocenters. The SMILES string of the molecule is CCOc1cc(C(=O)O)c(C2CC2)cc1CN1CCC2(CC1)CC(=O)N(c1ccc(C(=O)NC[C@H](O)CO)cc1)C2. The Hall–Kier alpha value is -3.47. The summed E-state index contributed by atoms with van der Waals surface area (Å²) in [5.74, 6) is -0.226. The van der Waals surface area contributed by atoms with Crippen LogP contribution in [0, 0.1) is 5.41 Å². The van der Waals surface area contributed by atoms with Gasteiger partial charge >= 0.3 is 5.97 Å². The normalized spacial score (nSPS) is 19.4. The number of hydrogen-bond acceptors (Lipinski definition) is 7. The molecular weight excluding hydrogens is 526 g/mol. The van der Waals surface area contributed by atoms with Gasteiger partial charge in [0, 0.05) is 42.9 Å². The van der Waals surface area contributed by atoms with Gasteiger partial charge in [0.1, 0.15) is 5.75 Å². The number of nitrogens with one attached hydrogen (secondary N) is 1. The Labute approximate surface area is 239 Å². The molecule has 2 amide bonds. The highest BCUT2D eigenvalue weighted by Crippen LogP contribution is 2.45. The van der Waals surface area contributed by atoms with E-state index in [1.54, 1.807) is 30.3 Å². The Kier molecular flexibility index (Phi) is 8.63. The van der Waals surface area contributed by atoms with Crippen LogP contribution in [0.4, 0.5) is 5.69 Å². The van der Waals surface area contributed by atoms with Crippen LogP contribution >= 0.6 is 0 Å². The Balaban J connectivity index is 1.21. The second-order valence-electron chi connectivity index (χ2n) is 11.6. The molecule has 2 aliphatic heterocycles. The quantitative estimate of drug-likeness (QED) is 0.326. The van der Waals surface area contributed by atoms with Gasteiger partial charge in [0.05, 0.1) is 24.9 Å². The lowest BCUT2D eigenvalue weighted by molar-refractivity contribution is -0.118. The summed E-state index contributed by atoms with van der Waals surface area (Å²) in [5, 5.41) is 30.7. The molecule has 4 N–H and O–H groups in total. The van der Waals surface area contributed by atoms with Crippen molar-refractivity contribution in [2.45, 2.75) is 57.6 Å². The zero-order chi connectivity index (χ0) is 29.1. The summed E-state index contributed by atoms with van der Waals surface area (Å²) in [7, 11) is 0. The zero-order valence-corrected chi connectivity index (χ0v) is 23.5. The summed E-state index contributed by atoms with van der Waals surface area (Å²) in [6.07, 6.45) is 3.30. The van der Waals surface area contributed by atoms with Crippen LogP contribution in [0.25, 0.3) is 0 Å². The first kappa shape index (κ1) is 29.0. The van der Waals surface area contributed by atoms with Crippen LogP contribution in [0.3, 0.4) is 0 Å². The average molecular weight is 566 g/mol. The van der Waals surface area contributed by atoms with Crippen molar-refractivity contribution in [2.24, 2.45) is 5.41 Å². The first-order valence-electron chi connectivity index (χ1n) is 14.4. The van der Waals surface area contributed by atoms with Crippen molar-refractivity contribution in [1.82, 2.24) is 10.2 Å². The van der Waals surface area contributed by atoms with Gasteiger partial charge in [-0.05, 0) is 99.0 Å². The molecule has 10 heteroatoms. The van der Waals surface area contributed by atoms with Crippen LogP contribution in [0.5, 0.6) is 5.75 Å². The maximum atomic E-state index is 13.1. The molecule has 3 aliphatic rings. The Morgan fingerprint density at radius 1 is 1.15 bits per heavy atom. The van der Waals surface area contributed by atoms with Crippen molar-refractivity contribution in [1.29, 1.82) is 0 Å². The van der Waals surface area contributed by atoms with Gasteiger partial charge in [0.2, 0.25) is 5.91 Å². The number of rotatable bonds is 11. The third-order valence-corrected chi connectivity index (χ3v) is 8.56. The molecule has 0 unspecified atom stereocenters. The van der Waals surface area contributed by atoms with E-state index in [0.29, 0.717) is 48.9 Å². The maximum Gasteiger partial charge on any atom is 0.336 e. The molecule has 2 aromatic carbocycles. The number of amides is 2. The standard InChI is InChI=1S/C31H39N3O7/c1-2-41-27-14-26(30(39)40)25(20-3-4-20)13-22(27)17-33-11-9-31(10-12-33)15-28(37)34(19-31)23-7-5-21(6-8-23)29(38)32-16-24(36)18-35/h5-8,13-14,20,24,35-36H,2-4,9-12,15-19H2,1H3,(H,32,38)(H,39,40)/t24-/m0/s1. The molecule has 10 nitrogen and oxygen atoms in total. The van der Waals surface area contributed by atoms with E-state index in [9.17, 15) is 24.6 Å². The number of carbonyl (C=O) groups is 3. The highest BCUT2D eigenvalue weighted by molar-refractivity contribution is 5.98. The summed E-state index contributed by atoms with van der Waals surface area (Å²) < 4.78 is 5.86. The van der Waals surface area contributed by atoms with Crippen molar-refractivity contribution in [3.8, 4) is 5.75 Å². The summed E-state index contributed by atoms with van der Waals surface area (Å²) >= 11 is 0.